The summed E-state index contributed by atoms with van der Waals surface area (Å²) in [7, 11) is 0. The molecule has 0 amide bonds. The predicted octanol–water partition coefficient (Wildman–Crippen LogP) is 2.03. The van der Waals surface area contributed by atoms with Gasteiger partial charge in [0.2, 0.25) is 0 Å². The highest BCUT2D eigenvalue weighted by Gasteiger charge is 2.17. The fraction of sp³-hybridized carbons (Fsp3) is 0.538. The molecule has 0 aromatic heterocycles. The first-order valence-corrected chi connectivity index (χ1v) is 5.74. The van der Waals surface area contributed by atoms with Crippen LogP contribution in [0.3, 0.4) is 0 Å². The lowest BCUT2D eigenvalue weighted by Gasteiger charge is -2.23. The number of hydrogen-bond acceptors (Lipinski definition) is 3. The van der Waals surface area contributed by atoms with E-state index < -0.39 is 5.60 Å². The van der Waals surface area contributed by atoms with E-state index in [9.17, 15) is 5.11 Å². The fourth-order valence-corrected chi connectivity index (χ4v) is 1.72. The lowest BCUT2D eigenvalue weighted by molar-refractivity contribution is 0.0498. The standard InChI is InChI=1S/C13H21NO2/c1-3-8-13(2,16)10-14-9-11-4-6-12(15)7-5-11/h4-7,14-16H,3,8-10H2,1-2H3. The molecular weight excluding hydrogens is 202 g/mol. The normalized spacial score (nSPS) is 14.7. The van der Waals surface area contributed by atoms with E-state index in [4.69, 9.17) is 5.11 Å². The Kier molecular flexibility index (Phi) is 4.77. The Morgan fingerprint density at radius 2 is 1.88 bits per heavy atom. The van der Waals surface area contributed by atoms with E-state index in [0.717, 1.165) is 18.4 Å². The third kappa shape index (κ3) is 4.64. The lowest BCUT2D eigenvalue weighted by Crippen LogP contribution is -2.37. The molecule has 3 heteroatoms. The van der Waals surface area contributed by atoms with E-state index in [2.05, 4.69) is 12.2 Å². The molecule has 1 aromatic carbocycles. The van der Waals surface area contributed by atoms with Crippen LogP contribution in [0.2, 0.25) is 0 Å². The number of nitrogens with one attached hydrogen (secondary N) is 1. The Morgan fingerprint density at radius 3 is 2.44 bits per heavy atom. The monoisotopic (exact) mass is 223 g/mol. The predicted molar refractivity (Wildman–Crippen MR) is 65.3 cm³/mol. The van der Waals surface area contributed by atoms with Gasteiger partial charge >= 0.3 is 0 Å². The Bertz CT molecular complexity index is 306. The molecule has 0 saturated heterocycles. The van der Waals surface area contributed by atoms with Crippen molar-refractivity contribution in [3.63, 3.8) is 0 Å². The van der Waals surface area contributed by atoms with Crippen LogP contribution in [-0.2, 0) is 6.54 Å². The SMILES string of the molecule is CCCC(C)(O)CNCc1ccc(O)cc1. The second-order valence-corrected chi connectivity index (χ2v) is 4.52. The minimum Gasteiger partial charge on any atom is -0.508 e. The van der Waals surface area contributed by atoms with E-state index in [0.29, 0.717) is 13.1 Å². The number of benzene rings is 1. The van der Waals surface area contributed by atoms with Gasteiger partial charge in [0.05, 0.1) is 5.60 Å². The van der Waals surface area contributed by atoms with Crippen molar-refractivity contribution >= 4 is 0 Å². The van der Waals surface area contributed by atoms with Crippen molar-refractivity contribution in [2.75, 3.05) is 6.54 Å². The van der Waals surface area contributed by atoms with Gasteiger partial charge in [0.15, 0.2) is 0 Å². The average Bonchev–Trinajstić information content (AvgIpc) is 2.20. The number of phenolic OH excluding ortho intramolecular Hbond substituents is 1. The fourth-order valence-electron chi connectivity index (χ4n) is 1.72. The van der Waals surface area contributed by atoms with Gasteiger partial charge in [0.1, 0.15) is 5.75 Å². The highest BCUT2D eigenvalue weighted by Crippen LogP contribution is 2.12. The van der Waals surface area contributed by atoms with Crippen LogP contribution in [0.25, 0.3) is 0 Å². The zero-order valence-electron chi connectivity index (χ0n) is 10.0. The summed E-state index contributed by atoms with van der Waals surface area (Å²) < 4.78 is 0. The summed E-state index contributed by atoms with van der Waals surface area (Å²) in [6, 6.07) is 7.08. The van der Waals surface area contributed by atoms with Gasteiger partial charge in [-0.2, -0.15) is 0 Å². The van der Waals surface area contributed by atoms with E-state index in [-0.39, 0.29) is 5.75 Å². The summed E-state index contributed by atoms with van der Waals surface area (Å²) >= 11 is 0. The molecule has 1 atom stereocenters. The molecule has 0 radical (unpaired) electrons. The third-order valence-electron chi connectivity index (χ3n) is 2.56. The zero-order chi connectivity index (χ0) is 12.0. The van der Waals surface area contributed by atoms with Gasteiger partial charge in [-0.25, -0.2) is 0 Å². The Hall–Kier alpha value is -1.06. The van der Waals surface area contributed by atoms with E-state index in [1.807, 2.05) is 19.1 Å². The van der Waals surface area contributed by atoms with Crippen LogP contribution >= 0.6 is 0 Å². The second-order valence-electron chi connectivity index (χ2n) is 4.52. The molecular formula is C13H21NO2. The first-order chi connectivity index (χ1) is 7.53. The van der Waals surface area contributed by atoms with Gasteiger partial charge in [0, 0.05) is 13.1 Å². The number of aromatic hydroxyl groups is 1. The maximum absolute atomic E-state index is 9.93. The summed E-state index contributed by atoms with van der Waals surface area (Å²) in [6.07, 6.45) is 1.78. The van der Waals surface area contributed by atoms with Crippen molar-refractivity contribution in [3.05, 3.63) is 29.8 Å². The minimum atomic E-state index is -0.633. The Morgan fingerprint density at radius 1 is 1.25 bits per heavy atom. The van der Waals surface area contributed by atoms with Gasteiger partial charge in [0.25, 0.3) is 0 Å². The summed E-state index contributed by atoms with van der Waals surface area (Å²) in [4.78, 5) is 0. The van der Waals surface area contributed by atoms with E-state index in [1.54, 1.807) is 12.1 Å². The number of rotatable bonds is 6. The molecule has 1 unspecified atom stereocenters. The summed E-state index contributed by atoms with van der Waals surface area (Å²) in [5.41, 5.74) is 0.469. The van der Waals surface area contributed by atoms with Gasteiger partial charge < -0.3 is 15.5 Å². The molecule has 1 aromatic rings. The molecule has 0 bridgehead atoms. The van der Waals surface area contributed by atoms with Crippen molar-refractivity contribution in [1.29, 1.82) is 0 Å². The molecule has 0 spiro atoms. The molecule has 3 N–H and O–H groups in total. The third-order valence-corrected chi connectivity index (χ3v) is 2.56. The van der Waals surface area contributed by atoms with Crippen LogP contribution in [0.5, 0.6) is 5.75 Å². The molecule has 0 fully saturated rings. The van der Waals surface area contributed by atoms with Gasteiger partial charge in [-0.3, -0.25) is 0 Å². The second kappa shape index (κ2) is 5.87. The van der Waals surface area contributed by atoms with Crippen molar-refractivity contribution < 1.29 is 10.2 Å². The van der Waals surface area contributed by atoms with Crippen molar-refractivity contribution in [2.24, 2.45) is 0 Å². The molecule has 0 saturated carbocycles. The Balaban J connectivity index is 2.32. The van der Waals surface area contributed by atoms with Crippen molar-refractivity contribution in [1.82, 2.24) is 5.32 Å². The highest BCUT2D eigenvalue weighted by atomic mass is 16.3. The zero-order valence-corrected chi connectivity index (χ0v) is 10.0. The van der Waals surface area contributed by atoms with Crippen molar-refractivity contribution in [2.45, 2.75) is 38.8 Å². The average molecular weight is 223 g/mol. The van der Waals surface area contributed by atoms with Crippen LogP contribution < -0.4 is 5.32 Å². The van der Waals surface area contributed by atoms with Gasteiger partial charge in [-0.1, -0.05) is 25.5 Å². The van der Waals surface area contributed by atoms with Crippen LogP contribution in [-0.4, -0.2) is 22.4 Å². The maximum Gasteiger partial charge on any atom is 0.115 e. The van der Waals surface area contributed by atoms with Crippen LogP contribution in [0.15, 0.2) is 24.3 Å². The van der Waals surface area contributed by atoms with Gasteiger partial charge in [-0.15, -0.1) is 0 Å². The number of aliphatic hydroxyl groups is 1. The lowest BCUT2D eigenvalue weighted by atomic mass is 10.0. The van der Waals surface area contributed by atoms with E-state index >= 15 is 0 Å². The van der Waals surface area contributed by atoms with Crippen LogP contribution in [0, 0.1) is 0 Å². The quantitative estimate of drug-likeness (QED) is 0.691. The Labute approximate surface area is 97.1 Å². The molecule has 3 nitrogen and oxygen atoms in total. The molecule has 90 valence electrons. The van der Waals surface area contributed by atoms with E-state index in [1.165, 1.54) is 0 Å². The molecule has 1 rings (SSSR count). The van der Waals surface area contributed by atoms with Gasteiger partial charge in [-0.05, 0) is 31.0 Å². The maximum atomic E-state index is 9.93. The minimum absolute atomic E-state index is 0.279. The van der Waals surface area contributed by atoms with Crippen molar-refractivity contribution in [3.8, 4) is 5.75 Å². The molecule has 0 aliphatic rings. The topological polar surface area (TPSA) is 52.5 Å². The number of phenols is 1. The molecule has 16 heavy (non-hydrogen) atoms. The smallest absolute Gasteiger partial charge is 0.115 e. The summed E-state index contributed by atoms with van der Waals surface area (Å²) in [6.45, 7) is 5.20. The largest absolute Gasteiger partial charge is 0.508 e. The van der Waals surface area contributed by atoms with Crippen LogP contribution in [0.4, 0.5) is 0 Å². The highest BCUT2D eigenvalue weighted by molar-refractivity contribution is 5.25. The first kappa shape index (κ1) is 13.0. The molecule has 0 aliphatic carbocycles. The summed E-state index contributed by atoms with van der Waals surface area (Å²) in [5.74, 6) is 0.279. The van der Waals surface area contributed by atoms with Crippen LogP contribution in [0.1, 0.15) is 32.3 Å². The molecule has 0 heterocycles. The number of hydrogen-bond donors (Lipinski definition) is 3. The molecule has 0 aliphatic heterocycles. The first-order valence-electron chi connectivity index (χ1n) is 5.74. The summed E-state index contributed by atoms with van der Waals surface area (Å²) in [5, 5.41) is 22.3.